The maximum absolute atomic E-state index is 12.2. The number of rotatable bonds is 5. The number of carbonyl (C=O) groups is 1. The number of pyridine rings is 1. The van der Waals surface area contributed by atoms with Gasteiger partial charge in [0, 0.05) is 34.3 Å². The molecule has 1 aromatic carbocycles. The highest BCUT2D eigenvalue weighted by Gasteiger charge is 2.13. The van der Waals surface area contributed by atoms with Crippen LogP contribution in [0.15, 0.2) is 47.9 Å². The number of nitrogens with zero attached hydrogens (tertiary/aromatic N) is 4. The van der Waals surface area contributed by atoms with Crippen LogP contribution in [0.5, 0.6) is 0 Å². The van der Waals surface area contributed by atoms with Gasteiger partial charge in [-0.1, -0.05) is 11.8 Å². The number of amides is 1. The van der Waals surface area contributed by atoms with Gasteiger partial charge in [-0.05, 0) is 65.4 Å². The van der Waals surface area contributed by atoms with Crippen LogP contribution in [0, 0.1) is 10.5 Å². The molecule has 0 saturated carbocycles. The van der Waals surface area contributed by atoms with E-state index < -0.39 is 0 Å². The van der Waals surface area contributed by atoms with Crippen molar-refractivity contribution in [1.29, 1.82) is 0 Å². The van der Waals surface area contributed by atoms with E-state index in [1.807, 2.05) is 48.9 Å². The first-order chi connectivity index (χ1) is 12.0. The average molecular weight is 465 g/mol. The summed E-state index contributed by atoms with van der Waals surface area (Å²) in [7, 11) is 1.88. The Kier molecular flexibility index (Phi) is 5.69. The number of thioether (sulfide) groups is 1. The third kappa shape index (κ3) is 4.37. The predicted octanol–water partition coefficient (Wildman–Crippen LogP) is 3.52. The quantitative estimate of drug-likeness (QED) is 0.461. The topological polar surface area (TPSA) is 72.7 Å². The average Bonchev–Trinajstić information content (AvgIpc) is 2.97. The van der Waals surface area contributed by atoms with E-state index in [1.54, 1.807) is 12.4 Å². The third-order valence-corrected chi connectivity index (χ3v) is 5.24. The van der Waals surface area contributed by atoms with Crippen LogP contribution in [-0.2, 0) is 11.8 Å². The summed E-state index contributed by atoms with van der Waals surface area (Å²) < 4.78 is 3.01. The number of hydrogen-bond donors (Lipinski definition) is 1. The van der Waals surface area contributed by atoms with Crippen molar-refractivity contribution >= 4 is 45.9 Å². The summed E-state index contributed by atoms with van der Waals surface area (Å²) in [4.78, 5) is 16.3. The second-order valence-electron chi connectivity index (χ2n) is 5.40. The fraction of sp³-hybridized carbons (Fsp3) is 0.176. The molecule has 3 rings (SSSR count). The molecule has 2 aromatic heterocycles. The van der Waals surface area contributed by atoms with Crippen LogP contribution in [0.25, 0.3) is 11.4 Å². The number of hydrogen-bond acceptors (Lipinski definition) is 5. The fourth-order valence-electron chi connectivity index (χ4n) is 2.27. The highest BCUT2D eigenvalue weighted by atomic mass is 127. The molecule has 0 spiro atoms. The number of anilines is 1. The molecule has 0 fully saturated rings. The van der Waals surface area contributed by atoms with Gasteiger partial charge >= 0.3 is 0 Å². The Morgan fingerprint density at radius 2 is 2.16 bits per heavy atom. The van der Waals surface area contributed by atoms with E-state index in [9.17, 15) is 4.79 Å². The zero-order valence-electron chi connectivity index (χ0n) is 13.7. The number of benzene rings is 1. The van der Waals surface area contributed by atoms with Gasteiger partial charge in [0.25, 0.3) is 0 Å². The van der Waals surface area contributed by atoms with Crippen LogP contribution in [0.2, 0.25) is 0 Å². The maximum Gasteiger partial charge on any atom is 0.234 e. The minimum Gasteiger partial charge on any atom is -0.325 e. The molecule has 2 heterocycles. The number of aryl methyl sites for hydroxylation is 1. The second kappa shape index (κ2) is 7.96. The van der Waals surface area contributed by atoms with Gasteiger partial charge in [-0.15, -0.1) is 10.2 Å². The van der Waals surface area contributed by atoms with Crippen LogP contribution in [0.1, 0.15) is 5.56 Å². The highest BCUT2D eigenvalue weighted by Crippen LogP contribution is 2.23. The summed E-state index contributed by atoms with van der Waals surface area (Å²) in [6.45, 7) is 1.98. The van der Waals surface area contributed by atoms with E-state index >= 15 is 0 Å². The van der Waals surface area contributed by atoms with Crippen molar-refractivity contribution in [3.63, 3.8) is 0 Å². The highest BCUT2D eigenvalue weighted by molar-refractivity contribution is 14.1. The molecular weight excluding hydrogens is 449 g/mol. The molecule has 3 aromatic rings. The molecule has 0 radical (unpaired) electrons. The van der Waals surface area contributed by atoms with E-state index in [1.165, 1.54) is 11.8 Å². The maximum atomic E-state index is 12.2. The lowest BCUT2D eigenvalue weighted by molar-refractivity contribution is -0.113. The summed E-state index contributed by atoms with van der Waals surface area (Å²) in [6.07, 6.45) is 3.46. The van der Waals surface area contributed by atoms with Crippen molar-refractivity contribution in [3.05, 3.63) is 51.9 Å². The minimum atomic E-state index is -0.0692. The second-order valence-corrected chi connectivity index (χ2v) is 7.59. The number of aromatic nitrogens is 4. The van der Waals surface area contributed by atoms with Crippen LogP contribution in [-0.4, -0.2) is 31.4 Å². The molecule has 0 atom stereocenters. The smallest absolute Gasteiger partial charge is 0.234 e. The molecule has 128 valence electrons. The molecule has 0 saturated heterocycles. The molecule has 6 nitrogen and oxygen atoms in total. The Bertz CT molecular complexity index is 897. The minimum absolute atomic E-state index is 0.0692. The van der Waals surface area contributed by atoms with Gasteiger partial charge in [0.1, 0.15) is 0 Å². The fourth-order valence-corrected chi connectivity index (χ4v) is 3.63. The standard InChI is InChI=1S/C17H16IN5OS/c1-11-8-13(18)5-6-14(11)20-15(24)10-25-17-22-21-16(23(17)2)12-4-3-7-19-9-12/h3-9H,10H2,1-2H3,(H,20,24). The number of nitrogens with one attached hydrogen (secondary N) is 1. The summed E-state index contributed by atoms with van der Waals surface area (Å²) in [5.41, 5.74) is 2.77. The van der Waals surface area contributed by atoms with Gasteiger partial charge in [-0.25, -0.2) is 0 Å². The van der Waals surface area contributed by atoms with Crippen molar-refractivity contribution in [2.75, 3.05) is 11.1 Å². The number of halogens is 1. The molecular formula is C17H16IN5OS. The largest absolute Gasteiger partial charge is 0.325 e. The molecule has 25 heavy (non-hydrogen) atoms. The zero-order valence-corrected chi connectivity index (χ0v) is 16.7. The van der Waals surface area contributed by atoms with Crippen molar-refractivity contribution in [3.8, 4) is 11.4 Å². The van der Waals surface area contributed by atoms with Gasteiger partial charge in [0.15, 0.2) is 11.0 Å². The molecule has 0 aliphatic heterocycles. The first-order valence-corrected chi connectivity index (χ1v) is 9.59. The van der Waals surface area contributed by atoms with Gasteiger partial charge < -0.3 is 9.88 Å². The van der Waals surface area contributed by atoms with E-state index in [2.05, 4.69) is 43.1 Å². The lowest BCUT2D eigenvalue weighted by Gasteiger charge is -2.08. The van der Waals surface area contributed by atoms with Gasteiger partial charge in [0.2, 0.25) is 5.91 Å². The first kappa shape index (κ1) is 17.9. The SMILES string of the molecule is Cc1cc(I)ccc1NC(=O)CSc1nnc(-c2cccnc2)n1C. The van der Waals surface area contributed by atoms with Gasteiger partial charge in [-0.2, -0.15) is 0 Å². The lowest BCUT2D eigenvalue weighted by atomic mass is 10.2. The van der Waals surface area contributed by atoms with Crippen LogP contribution < -0.4 is 5.32 Å². The van der Waals surface area contributed by atoms with E-state index in [0.717, 1.165) is 26.2 Å². The molecule has 0 bridgehead atoms. The van der Waals surface area contributed by atoms with Crippen LogP contribution in [0.3, 0.4) is 0 Å². The first-order valence-electron chi connectivity index (χ1n) is 7.53. The molecule has 0 unspecified atom stereocenters. The Balaban J connectivity index is 1.64. The van der Waals surface area contributed by atoms with Gasteiger partial charge in [-0.3, -0.25) is 9.78 Å². The van der Waals surface area contributed by atoms with Gasteiger partial charge in [0.05, 0.1) is 5.75 Å². The van der Waals surface area contributed by atoms with Crippen LogP contribution in [0.4, 0.5) is 5.69 Å². The summed E-state index contributed by atoms with van der Waals surface area (Å²) >= 11 is 3.61. The Hall–Kier alpha value is -1.94. The Morgan fingerprint density at radius 3 is 2.88 bits per heavy atom. The van der Waals surface area contributed by atoms with Crippen molar-refractivity contribution in [2.45, 2.75) is 12.1 Å². The normalized spacial score (nSPS) is 10.7. The molecule has 1 N–H and O–H groups in total. The monoisotopic (exact) mass is 465 g/mol. The molecule has 8 heteroatoms. The summed E-state index contributed by atoms with van der Waals surface area (Å²) in [5.74, 6) is 0.925. The van der Waals surface area contributed by atoms with Crippen LogP contribution >= 0.6 is 34.4 Å². The van der Waals surface area contributed by atoms with Crippen molar-refractivity contribution in [2.24, 2.45) is 7.05 Å². The molecule has 0 aliphatic carbocycles. The third-order valence-electron chi connectivity index (χ3n) is 3.55. The van der Waals surface area contributed by atoms with Crippen molar-refractivity contribution in [1.82, 2.24) is 19.7 Å². The Labute approximate surface area is 163 Å². The van der Waals surface area contributed by atoms with E-state index in [0.29, 0.717) is 5.16 Å². The lowest BCUT2D eigenvalue weighted by Crippen LogP contribution is -2.15. The van der Waals surface area contributed by atoms with Crippen molar-refractivity contribution < 1.29 is 4.79 Å². The molecule has 1 amide bonds. The summed E-state index contributed by atoms with van der Waals surface area (Å²) in [6, 6.07) is 9.71. The van der Waals surface area contributed by atoms with E-state index in [4.69, 9.17) is 0 Å². The zero-order chi connectivity index (χ0) is 17.8. The Morgan fingerprint density at radius 1 is 1.32 bits per heavy atom. The summed E-state index contributed by atoms with van der Waals surface area (Å²) in [5, 5.41) is 12.0. The number of carbonyl (C=O) groups excluding carboxylic acids is 1. The molecule has 0 aliphatic rings. The predicted molar refractivity (Wildman–Crippen MR) is 107 cm³/mol. The van der Waals surface area contributed by atoms with E-state index in [-0.39, 0.29) is 11.7 Å².